The number of fused-ring (bicyclic) bond motifs is 1. The number of amides is 3. The fraction of sp³-hybridized carbons (Fsp3) is 0.531. The summed E-state index contributed by atoms with van der Waals surface area (Å²) in [6, 6.07) is 15.2. The molecule has 2 aromatic rings. The molecule has 3 aliphatic rings. The molecule has 0 radical (unpaired) electrons. The van der Waals surface area contributed by atoms with Crippen LogP contribution in [0.25, 0.3) is 0 Å². The Hall–Kier alpha value is -3.43. The van der Waals surface area contributed by atoms with Gasteiger partial charge in [-0.1, -0.05) is 32.0 Å². The number of para-hydroxylation sites is 1. The van der Waals surface area contributed by atoms with Crippen molar-refractivity contribution in [3.8, 4) is 0 Å². The number of ether oxygens (including phenoxy) is 1. The van der Waals surface area contributed by atoms with E-state index in [4.69, 9.17) is 4.74 Å². The smallest absolute Gasteiger partial charge is 0.250 e. The van der Waals surface area contributed by atoms with Gasteiger partial charge in [-0.2, -0.15) is 0 Å². The Balaban J connectivity index is 1.50. The number of anilines is 3. The molecule has 3 heterocycles. The highest BCUT2D eigenvalue weighted by Crippen LogP contribution is 2.65. The Morgan fingerprint density at radius 1 is 1.02 bits per heavy atom. The molecule has 2 bridgehead atoms. The van der Waals surface area contributed by atoms with Gasteiger partial charge in [-0.25, -0.2) is 0 Å². The predicted molar refractivity (Wildman–Crippen MR) is 158 cm³/mol. The van der Waals surface area contributed by atoms with Crippen LogP contribution in [0.15, 0.2) is 54.6 Å². The molecule has 3 unspecified atom stereocenters. The molecular weight excluding hydrogens is 520 g/mol. The minimum atomic E-state index is -1.18. The predicted octanol–water partition coefficient (Wildman–Crippen LogP) is 3.89. The fourth-order valence-electron chi connectivity index (χ4n) is 7.48. The highest BCUT2D eigenvalue weighted by molar-refractivity contribution is 6.05. The molecule has 3 aliphatic heterocycles. The lowest BCUT2D eigenvalue weighted by molar-refractivity contribution is -0.148. The van der Waals surface area contributed by atoms with Crippen LogP contribution in [0.4, 0.5) is 17.1 Å². The van der Waals surface area contributed by atoms with E-state index in [-0.39, 0.29) is 30.2 Å². The zero-order valence-electron chi connectivity index (χ0n) is 24.6. The van der Waals surface area contributed by atoms with Crippen molar-refractivity contribution in [2.75, 3.05) is 35.2 Å². The van der Waals surface area contributed by atoms with E-state index >= 15 is 0 Å². The van der Waals surface area contributed by atoms with Gasteiger partial charge in [0.2, 0.25) is 17.7 Å². The van der Waals surface area contributed by atoms with Crippen molar-refractivity contribution in [2.45, 2.75) is 70.7 Å². The minimum Gasteiger partial charge on any atom is -0.394 e. The molecule has 9 heteroatoms. The third-order valence-electron chi connectivity index (χ3n) is 9.66. The summed E-state index contributed by atoms with van der Waals surface area (Å²) in [5, 5.41) is 16.3. The molecule has 5 rings (SSSR count). The van der Waals surface area contributed by atoms with Crippen LogP contribution in [-0.2, 0) is 19.1 Å². The maximum absolute atomic E-state index is 14.3. The lowest BCUT2D eigenvalue weighted by Crippen LogP contribution is -2.56. The summed E-state index contributed by atoms with van der Waals surface area (Å²) in [5.74, 6) is -2.68. The van der Waals surface area contributed by atoms with Crippen LogP contribution in [-0.4, -0.2) is 70.7 Å². The topological polar surface area (TPSA) is 111 Å². The monoisotopic (exact) mass is 562 g/mol. The number of nitrogens with zero attached hydrogens (tertiary/aromatic N) is 2. The number of aliphatic hydroxyl groups is 1. The van der Waals surface area contributed by atoms with Crippen molar-refractivity contribution in [2.24, 2.45) is 17.8 Å². The number of hydrogen-bond donors (Lipinski definition) is 3. The van der Waals surface area contributed by atoms with Crippen LogP contribution in [0.1, 0.15) is 47.5 Å². The third kappa shape index (κ3) is 4.59. The van der Waals surface area contributed by atoms with E-state index < -0.39 is 35.1 Å². The zero-order valence-corrected chi connectivity index (χ0v) is 24.6. The van der Waals surface area contributed by atoms with Gasteiger partial charge in [0.15, 0.2) is 0 Å². The number of likely N-dealkylation sites (tertiary alicyclic amines) is 1. The number of hydrogen-bond acceptors (Lipinski definition) is 6. The number of benzene rings is 2. The van der Waals surface area contributed by atoms with Gasteiger partial charge in [0.25, 0.3) is 0 Å². The summed E-state index contributed by atoms with van der Waals surface area (Å²) in [6.45, 7) is 11.4. The molecule has 7 atom stereocenters. The largest absolute Gasteiger partial charge is 0.394 e. The molecular formula is C32H42N4O5. The Labute approximate surface area is 242 Å². The quantitative estimate of drug-likeness (QED) is 0.405. The molecule has 41 heavy (non-hydrogen) atoms. The van der Waals surface area contributed by atoms with Crippen LogP contribution in [0.3, 0.4) is 0 Å². The lowest BCUT2D eigenvalue weighted by atomic mass is 9.62. The molecule has 1 spiro atoms. The van der Waals surface area contributed by atoms with Crippen LogP contribution >= 0.6 is 0 Å². The van der Waals surface area contributed by atoms with Crippen LogP contribution in [0, 0.1) is 17.8 Å². The van der Waals surface area contributed by atoms with Gasteiger partial charge >= 0.3 is 0 Å². The van der Waals surface area contributed by atoms with Gasteiger partial charge in [0.05, 0.1) is 30.1 Å². The van der Waals surface area contributed by atoms with Crippen molar-refractivity contribution in [1.82, 2.24) is 4.90 Å². The van der Waals surface area contributed by atoms with Gasteiger partial charge in [-0.15, -0.1) is 0 Å². The van der Waals surface area contributed by atoms with Crippen molar-refractivity contribution >= 4 is 34.8 Å². The van der Waals surface area contributed by atoms with Crippen molar-refractivity contribution < 1.29 is 24.2 Å². The van der Waals surface area contributed by atoms with E-state index in [1.165, 1.54) is 4.90 Å². The molecule has 3 N–H and O–H groups in total. The average molecular weight is 563 g/mol. The zero-order chi connectivity index (χ0) is 29.5. The first kappa shape index (κ1) is 29.1. The highest BCUT2D eigenvalue weighted by Gasteiger charge is 2.80. The van der Waals surface area contributed by atoms with Gasteiger partial charge in [-0.05, 0) is 75.9 Å². The molecule has 0 aliphatic carbocycles. The Morgan fingerprint density at radius 3 is 2.22 bits per heavy atom. The molecule has 9 nitrogen and oxygen atoms in total. The van der Waals surface area contributed by atoms with Gasteiger partial charge in [-0.3, -0.25) is 14.4 Å². The summed E-state index contributed by atoms with van der Waals surface area (Å²) in [5.41, 5.74) is 0.202. The summed E-state index contributed by atoms with van der Waals surface area (Å²) in [7, 11) is 0. The molecule has 0 saturated carbocycles. The molecule has 3 amide bonds. The van der Waals surface area contributed by atoms with Gasteiger partial charge < -0.3 is 30.3 Å². The normalized spacial score (nSPS) is 30.7. The second-order valence-electron chi connectivity index (χ2n) is 11.8. The fourth-order valence-corrected chi connectivity index (χ4v) is 7.48. The van der Waals surface area contributed by atoms with Crippen LogP contribution < -0.4 is 15.5 Å². The summed E-state index contributed by atoms with van der Waals surface area (Å²) < 4.78 is 6.77. The first-order valence-corrected chi connectivity index (χ1v) is 14.8. The van der Waals surface area contributed by atoms with Crippen LogP contribution in [0.5, 0.6) is 0 Å². The molecule has 220 valence electrons. The molecule has 3 saturated heterocycles. The van der Waals surface area contributed by atoms with Gasteiger partial charge in [0.1, 0.15) is 11.6 Å². The second-order valence-corrected chi connectivity index (χ2v) is 11.8. The number of carbonyl (C=O) groups excluding carboxylic acids is 3. The molecule has 0 aromatic heterocycles. The maximum atomic E-state index is 14.3. The van der Waals surface area contributed by atoms with E-state index in [9.17, 15) is 19.5 Å². The van der Waals surface area contributed by atoms with Gasteiger partial charge in [0, 0.05) is 30.2 Å². The molecule has 3 fully saturated rings. The van der Waals surface area contributed by atoms with E-state index in [1.54, 1.807) is 12.1 Å². The first-order valence-electron chi connectivity index (χ1n) is 14.8. The maximum Gasteiger partial charge on any atom is 0.250 e. The Morgan fingerprint density at radius 2 is 1.63 bits per heavy atom. The minimum absolute atomic E-state index is 0.0733. The van der Waals surface area contributed by atoms with E-state index in [2.05, 4.69) is 29.4 Å². The lowest BCUT2D eigenvalue weighted by Gasteiger charge is -2.36. The molecule has 2 aromatic carbocycles. The van der Waals surface area contributed by atoms with E-state index in [1.807, 2.05) is 63.2 Å². The van der Waals surface area contributed by atoms with E-state index in [0.717, 1.165) is 18.8 Å². The standard InChI is InChI=1S/C32H42N4O5/c1-6-23(19-37)36-27(29(39)34-22-14-16-24(17-15-22)35(7-2)8-3)32-18-20(4)31(5,41-32)25(26(32)30(36)40)28(38)33-21-12-10-9-11-13-21/h9-17,20,23,25-27,37H,6-8,18-19H2,1-5H3,(H,33,38)(H,34,39)/t20?,23-,25+,26-,27?,31-,32?/m0/s1. The van der Waals surface area contributed by atoms with Crippen molar-refractivity contribution in [3.63, 3.8) is 0 Å². The SMILES string of the molecule is CC[C@@H](CO)N1C(=O)[C@@H]2[C@H](C(=O)Nc3ccccc3)[C@@]3(C)OC2(CC3C)C1C(=O)Nc1ccc(N(CC)CC)cc1. The van der Waals surface area contributed by atoms with E-state index in [0.29, 0.717) is 24.2 Å². The summed E-state index contributed by atoms with van der Waals surface area (Å²) in [6.07, 6.45) is 0.924. The number of rotatable bonds is 10. The first-order chi connectivity index (χ1) is 19.6. The number of carbonyl (C=O) groups is 3. The summed E-state index contributed by atoms with van der Waals surface area (Å²) >= 11 is 0. The highest BCUT2D eigenvalue weighted by atomic mass is 16.5. The average Bonchev–Trinajstić information content (AvgIpc) is 3.48. The van der Waals surface area contributed by atoms with Crippen molar-refractivity contribution in [1.29, 1.82) is 0 Å². The summed E-state index contributed by atoms with van der Waals surface area (Å²) in [4.78, 5) is 46.0. The second kappa shape index (κ2) is 11.1. The van der Waals surface area contributed by atoms with Crippen molar-refractivity contribution in [3.05, 3.63) is 54.6 Å². The Bertz CT molecular complexity index is 1280. The third-order valence-corrected chi connectivity index (χ3v) is 9.66. The van der Waals surface area contributed by atoms with Crippen LogP contribution in [0.2, 0.25) is 0 Å². The Kier molecular flexibility index (Phi) is 7.87. The number of nitrogens with one attached hydrogen (secondary N) is 2. The number of aliphatic hydroxyl groups excluding tert-OH is 1.